The van der Waals surface area contributed by atoms with E-state index in [4.69, 9.17) is 11.6 Å². The average molecular weight is 434 g/mol. The van der Waals surface area contributed by atoms with Crippen LogP contribution in [0.1, 0.15) is 41.0 Å². The van der Waals surface area contributed by atoms with Crippen molar-refractivity contribution in [3.63, 3.8) is 0 Å². The van der Waals surface area contributed by atoms with Gasteiger partial charge in [0.2, 0.25) is 5.91 Å². The third-order valence-corrected chi connectivity index (χ3v) is 4.52. The molecule has 3 amide bonds. The van der Waals surface area contributed by atoms with Gasteiger partial charge in [-0.2, -0.15) is 0 Å². The van der Waals surface area contributed by atoms with Gasteiger partial charge in [0.1, 0.15) is 11.9 Å². The predicted octanol–water partition coefficient (Wildman–Crippen LogP) is 3.17. The maximum atomic E-state index is 13.6. The molecule has 6 nitrogen and oxygen atoms in total. The highest BCUT2D eigenvalue weighted by atomic mass is 35.5. The van der Waals surface area contributed by atoms with Gasteiger partial charge < -0.3 is 16.0 Å². The Bertz CT molecular complexity index is 887. The van der Waals surface area contributed by atoms with Crippen molar-refractivity contribution in [2.24, 2.45) is 5.92 Å². The van der Waals surface area contributed by atoms with Crippen molar-refractivity contribution < 1.29 is 18.8 Å². The molecular weight excluding hydrogens is 409 g/mol. The Morgan fingerprint density at radius 2 is 1.57 bits per heavy atom. The lowest BCUT2D eigenvalue weighted by atomic mass is 10.0. The van der Waals surface area contributed by atoms with E-state index in [1.165, 1.54) is 18.2 Å². The van der Waals surface area contributed by atoms with E-state index in [0.29, 0.717) is 17.0 Å². The summed E-state index contributed by atoms with van der Waals surface area (Å²) < 4.78 is 13.6. The standard InChI is InChI=1S/C22H25ClFN3O3/c1-14(2)13-19(27-20(28)15-7-9-16(23)10-8-15)22(30)26-12-11-25-21(29)17-5-3-4-6-18(17)24/h3-10,14,19H,11-13H2,1-2H3,(H,25,29)(H,26,30)(H,27,28). The number of halogens is 2. The first-order valence-corrected chi connectivity index (χ1v) is 10.0. The van der Waals surface area contributed by atoms with Gasteiger partial charge in [0.15, 0.2) is 0 Å². The van der Waals surface area contributed by atoms with Crippen LogP contribution in [0.5, 0.6) is 0 Å². The number of nitrogens with one attached hydrogen (secondary N) is 3. The Balaban J connectivity index is 1.87. The van der Waals surface area contributed by atoms with E-state index in [1.54, 1.807) is 30.3 Å². The first kappa shape index (κ1) is 23.3. The van der Waals surface area contributed by atoms with Crippen LogP contribution >= 0.6 is 11.6 Å². The van der Waals surface area contributed by atoms with Crippen LogP contribution in [0.25, 0.3) is 0 Å². The molecule has 0 fully saturated rings. The largest absolute Gasteiger partial charge is 0.353 e. The minimum Gasteiger partial charge on any atom is -0.353 e. The summed E-state index contributed by atoms with van der Waals surface area (Å²) in [7, 11) is 0. The van der Waals surface area contributed by atoms with Crippen molar-refractivity contribution in [3.05, 3.63) is 70.5 Å². The van der Waals surface area contributed by atoms with Crippen molar-refractivity contribution in [2.75, 3.05) is 13.1 Å². The average Bonchev–Trinajstić information content (AvgIpc) is 2.70. The third-order valence-electron chi connectivity index (χ3n) is 4.26. The molecule has 8 heteroatoms. The maximum absolute atomic E-state index is 13.6. The molecule has 0 aliphatic carbocycles. The summed E-state index contributed by atoms with van der Waals surface area (Å²) in [6.07, 6.45) is 0.451. The molecule has 0 radical (unpaired) electrons. The molecule has 2 aromatic carbocycles. The zero-order valence-electron chi connectivity index (χ0n) is 16.9. The number of carbonyl (C=O) groups excluding carboxylic acids is 3. The predicted molar refractivity (Wildman–Crippen MR) is 114 cm³/mol. The maximum Gasteiger partial charge on any atom is 0.254 e. The van der Waals surface area contributed by atoms with E-state index in [9.17, 15) is 18.8 Å². The van der Waals surface area contributed by atoms with E-state index in [-0.39, 0.29) is 36.4 Å². The number of benzene rings is 2. The molecule has 1 unspecified atom stereocenters. The molecule has 0 aromatic heterocycles. The number of rotatable bonds is 9. The van der Waals surface area contributed by atoms with Gasteiger partial charge in [-0.3, -0.25) is 14.4 Å². The molecule has 2 aromatic rings. The smallest absolute Gasteiger partial charge is 0.254 e. The van der Waals surface area contributed by atoms with Crippen LogP contribution in [0.15, 0.2) is 48.5 Å². The van der Waals surface area contributed by atoms with Crippen LogP contribution in [-0.2, 0) is 4.79 Å². The summed E-state index contributed by atoms with van der Waals surface area (Å²) in [6.45, 7) is 4.16. The monoisotopic (exact) mass is 433 g/mol. The van der Waals surface area contributed by atoms with E-state index in [2.05, 4.69) is 16.0 Å². The summed E-state index contributed by atoms with van der Waals surface area (Å²) in [5.74, 6) is -1.73. The van der Waals surface area contributed by atoms with Crippen LogP contribution < -0.4 is 16.0 Å². The topological polar surface area (TPSA) is 87.3 Å². The van der Waals surface area contributed by atoms with Crippen molar-refractivity contribution in [1.82, 2.24) is 16.0 Å². The summed E-state index contributed by atoms with van der Waals surface area (Å²) in [6, 6.07) is 11.3. The first-order chi connectivity index (χ1) is 14.3. The second-order valence-corrected chi connectivity index (χ2v) is 7.63. The van der Waals surface area contributed by atoms with Gasteiger partial charge in [0, 0.05) is 23.7 Å². The fourth-order valence-electron chi connectivity index (χ4n) is 2.77. The summed E-state index contributed by atoms with van der Waals surface area (Å²) in [4.78, 5) is 37.0. The lowest BCUT2D eigenvalue weighted by Gasteiger charge is -2.20. The van der Waals surface area contributed by atoms with Gasteiger partial charge in [-0.05, 0) is 48.7 Å². The van der Waals surface area contributed by atoms with Crippen molar-refractivity contribution in [1.29, 1.82) is 0 Å². The van der Waals surface area contributed by atoms with Gasteiger partial charge in [-0.1, -0.05) is 37.6 Å². The van der Waals surface area contributed by atoms with E-state index < -0.39 is 17.8 Å². The van der Waals surface area contributed by atoms with E-state index in [0.717, 1.165) is 0 Å². The molecule has 0 saturated carbocycles. The molecule has 0 aliphatic rings. The van der Waals surface area contributed by atoms with Crippen LogP contribution in [0.3, 0.4) is 0 Å². The Morgan fingerprint density at radius 3 is 2.20 bits per heavy atom. The fraction of sp³-hybridized carbons (Fsp3) is 0.318. The Kier molecular flexibility index (Phi) is 8.80. The highest BCUT2D eigenvalue weighted by molar-refractivity contribution is 6.30. The molecule has 160 valence electrons. The highest BCUT2D eigenvalue weighted by Crippen LogP contribution is 2.11. The SMILES string of the molecule is CC(C)CC(NC(=O)c1ccc(Cl)cc1)C(=O)NCCNC(=O)c1ccccc1F. The van der Waals surface area contributed by atoms with Crippen molar-refractivity contribution in [2.45, 2.75) is 26.3 Å². The zero-order valence-corrected chi connectivity index (χ0v) is 17.6. The molecule has 0 saturated heterocycles. The Hall–Kier alpha value is -2.93. The highest BCUT2D eigenvalue weighted by Gasteiger charge is 2.22. The number of hydrogen-bond donors (Lipinski definition) is 3. The van der Waals surface area contributed by atoms with Crippen LogP contribution in [0, 0.1) is 11.7 Å². The van der Waals surface area contributed by atoms with Crippen LogP contribution in [0.4, 0.5) is 4.39 Å². The zero-order chi connectivity index (χ0) is 22.1. The minimum absolute atomic E-state index is 0.0586. The number of amides is 3. The van der Waals surface area contributed by atoms with Crippen molar-refractivity contribution >= 4 is 29.3 Å². The quantitative estimate of drug-likeness (QED) is 0.531. The third kappa shape index (κ3) is 7.15. The van der Waals surface area contributed by atoms with E-state index >= 15 is 0 Å². The molecule has 1 atom stereocenters. The molecular formula is C22H25ClFN3O3. The second kappa shape index (κ2) is 11.3. The molecule has 0 aliphatic heterocycles. The number of hydrogen-bond acceptors (Lipinski definition) is 3. The lowest BCUT2D eigenvalue weighted by Crippen LogP contribution is -2.48. The van der Waals surface area contributed by atoms with Gasteiger partial charge in [0.25, 0.3) is 11.8 Å². The minimum atomic E-state index is -0.726. The lowest BCUT2D eigenvalue weighted by molar-refractivity contribution is -0.123. The second-order valence-electron chi connectivity index (χ2n) is 7.19. The first-order valence-electron chi connectivity index (χ1n) is 9.64. The van der Waals surface area contributed by atoms with Gasteiger partial charge >= 0.3 is 0 Å². The van der Waals surface area contributed by atoms with Gasteiger partial charge in [0.05, 0.1) is 5.56 Å². The Labute approximate surface area is 180 Å². The molecule has 0 spiro atoms. The van der Waals surface area contributed by atoms with Gasteiger partial charge in [-0.25, -0.2) is 4.39 Å². The summed E-state index contributed by atoms with van der Waals surface area (Å²) in [5, 5.41) is 8.50. The normalized spacial score (nSPS) is 11.6. The van der Waals surface area contributed by atoms with Gasteiger partial charge in [-0.15, -0.1) is 0 Å². The van der Waals surface area contributed by atoms with Crippen LogP contribution in [0.2, 0.25) is 5.02 Å². The molecule has 3 N–H and O–H groups in total. The van der Waals surface area contributed by atoms with E-state index in [1.807, 2.05) is 13.8 Å². The molecule has 2 rings (SSSR count). The summed E-state index contributed by atoms with van der Waals surface area (Å²) in [5.41, 5.74) is 0.342. The molecule has 0 bridgehead atoms. The fourth-order valence-corrected chi connectivity index (χ4v) is 2.90. The Morgan fingerprint density at radius 1 is 0.933 bits per heavy atom. The number of carbonyl (C=O) groups is 3. The molecule has 0 heterocycles. The van der Waals surface area contributed by atoms with Crippen molar-refractivity contribution in [3.8, 4) is 0 Å². The molecule has 30 heavy (non-hydrogen) atoms. The summed E-state index contributed by atoms with van der Waals surface area (Å²) >= 11 is 5.84. The van der Waals surface area contributed by atoms with Crippen LogP contribution in [-0.4, -0.2) is 36.9 Å².